The van der Waals surface area contributed by atoms with Crippen LogP contribution in [-0.4, -0.2) is 37.2 Å². The van der Waals surface area contributed by atoms with Crippen molar-refractivity contribution in [3.05, 3.63) is 12.3 Å². The van der Waals surface area contributed by atoms with Gasteiger partial charge < -0.3 is 9.47 Å². The molecule has 1 fully saturated rings. The number of ether oxygens (including phenoxy) is 2. The van der Waals surface area contributed by atoms with Crippen molar-refractivity contribution in [2.24, 2.45) is 0 Å². The summed E-state index contributed by atoms with van der Waals surface area (Å²) in [4.78, 5) is 22.9. The Bertz CT molecular complexity index is 236. The van der Waals surface area contributed by atoms with Crippen LogP contribution < -0.4 is 0 Å². The monoisotopic (exact) mass is 171 g/mol. The third-order valence-corrected chi connectivity index (χ3v) is 1.51. The van der Waals surface area contributed by atoms with Crippen LogP contribution in [0.15, 0.2) is 12.3 Å². The lowest BCUT2D eigenvalue weighted by atomic mass is 10.4. The Hall–Kier alpha value is -1.52. The van der Waals surface area contributed by atoms with Crippen molar-refractivity contribution in [3.63, 3.8) is 0 Å². The Morgan fingerprint density at radius 3 is 2.83 bits per heavy atom. The third-order valence-electron chi connectivity index (χ3n) is 1.51. The van der Waals surface area contributed by atoms with Gasteiger partial charge in [0.1, 0.15) is 12.3 Å². The zero-order chi connectivity index (χ0) is 9.14. The number of amides is 1. The van der Waals surface area contributed by atoms with Crippen LogP contribution in [0.2, 0.25) is 0 Å². The first-order valence-corrected chi connectivity index (χ1v) is 3.38. The minimum atomic E-state index is -0.617. The van der Waals surface area contributed by atoms with E-state index in [1.54, 1.807) is 0 Å². The molecule has 1 heterocycles. The van der Waals surface area contributed by atoms with Crippen LogP contribution in [0.4, 0.5) is 4.79 Å². The third kappa shape index (κ3) is 1.39. The van der Waals surface area contributed by atoms with Crippen LogP contribution in [-0.2, 0) is 14.3 Å². The zero-order valence-electron chi connectivity index (χ0n) is 6.70. The van der Waals surface area contributed by atoms with Gasteiger partial charge in [0, 0.05) is 0 Å². The van der Waals surface area contributed by atoms with E-state index >= 15 is 0 Å². The molecule has 1 aliphatic heterocycles. The number of esters is 1. The lowest BCUT2D eigenvalue weighted by Crippen LogP contribution is -2.28. The second kappa shape index (κ2) is 3.25. The number of hydrogen-bond acceptors (Lipinski definition) is 4. The average Bonchev–Trinajstić information content (AvgIpc) is 2.48. The number of carbonyl (C=O) groups is 2. The van der Waals surface area contributed by atoms with E-state index in [0.29, 0.717) is 6.54 Å². The van der Waals surface area contributed by atoms with E-state index in [4.69, 9.17) is 0 Å². The first-order valence-electron chi connectivity index (χ1n) is 3.38. The fourth-order valence-electron chi connectivity index (χ4n) is 0.867. The predicted molar refractivity (Wildman–Crippen MR) is 39.2 cm³/mol. The normalized spacial score (nSPS) is 15.8. The summed E-state index contributed by atoms with van der Waals surface area (Å²) in [7, 11) is 1.23. The van der Waals surface area contributed by atoms with E-state index in [-0.39, 0.29) is 12.3 Å². The highest BCUT2D eigenvalue weighted by molar-refractivity contribution is 5.91. The number of nitrogens with zero attached hydrogens (tertiary/aromatic N) is 1. The molecule has 0 aromatic carbocycles. The van der Waals surface area contributed by atoms with Gasteiger partial charge in [-0.3, -0.25) is 4.90 Å². The minimum absolute atomic E-state index is 0.0139. The second-order valence-electron chi connectivity index (χ2n) is 2.20. The Labute approximate surface area is 69.5 Å². The lowest BCUT2D eigenvalue weighted by Gasteiger charge is -2.12. The van der Waals surface area contributed by atoms with Crippen molar-refractivity contribution in [3.8, 4) is 0 Å². The Morgan fingerprint density at radius 2 is 2.42 bits per heavy atom. The van der Waals surface area contributed by atoms with Crippen molar-refractivity contribution in [1.29, 1.82) is 0 Å². The smallest absolute Gasteiger partial charge is 0.414 e. The molecule has 1 amide bonds. The van der Waals surface area contributed by atoms with Crippen LogP contribution in [0, 0.1) is 0 Å². The summed E-state index contributed by atoms with van der Waals surface area (Å²) in [6, 6.07) is 0. The van der Waals surface area contributed by atoms with Gasteiger partial charge in [-0.15, -0.1) is 0 Å². The van der Waals surface area contributed by atoms with Gasteiger partial charge in [0.05, 0.1) is 13.7 Å². The maximum atomic E-state index is 10.9. The summed E-state index contributed by atoms with van der Waals surface area (Å²) in [5, 5.41) is 0. The van der Waals surface area contributed by atoms with E-state index in [1.807, 2.05) is 0 Å². The molecule has 0 unspecified atom stereocenters. The van der Waals surface area contributed by atoms with Gasteiger partial charge in [0.2, 0.25) is 0 Å². The standard InChI is InChI=1S/C7H9NO4/c1-5(6(9)11-2)8-3-4-12-7(8)10/h1,3-4H2,2H3. The molecule has 0 spiro atoms. The summed E-state index contributed by atoms with van der Waals surface area (Å²) >= 11 is 0. The van der Waals surface area contributed by atoms with Crippen LogP contribution >= 0.6 is 0 Å². The SMILES string of the molecule is C=C(C(=O)OC)N1CCOC1=O. The van der Waals surface area contributed by atoms with Crippen molar-refractivity contribution in [1.82, 2.24) is 4.90 Å². The van der Waals surface area contributed by atoms with Crippen molar-refractivity contribution in [2.45, 2.75) is 0 Å². The molecule has 0 aliphatic carbocycles. The maximum absolute atomic E-state index is 10.9. The molecule has 0 N–H and O–H groups in total. The van der Waals surface area contributed by atoms with Gasteiger partial charge in [-0.1, -0.05) is 6.58 Å². The van der Waals surface area contributed by atoms with E-state index in [2.05, 4.69) is 16.1 Å². The highest BCUT2D eigenvalue weighted by Gasteiger charge is 2.28. The van der Waals surface area contributed by atoms with Gasteiger partial charge in [-0.05, 0) is 0 Å². The van der Waals surface area contributed by atoms with Crippen LogP contribution in [0.1, 0.15) is 0 Å². The summed E-state index contributed by atoms with van der Waals surface area (Å²) in [6.45, 7) is 4.05. The molecule has 0 saturated carbocycles. The molecule has 1 aliphatic rings. The second-order valence-corrected chi connectivity index (χ2v) is 2.20. The molecule has 1 rings (SSSR count). The lowest BCUT2D eigenvalue weighted by molar-refractivity contribution is -0.137. The fraction of sp³-hybridized carbons (Fsp3) is 0.429. The first-order chi connectivity index (χ1) is 5.66. The molecule has 66 valence electrons. The number of rotatable bonds is 2. The van der Waals surface area contributed by atoms with Crippen molar-refractivity contribution < 1.29 is 19.1 Å². The average molecular weight is 171 g/mol. The van der Waals surface area contributed by atoms with E-state index < -0.39 is 12.1 Å². The molecular formula is C7H9NO4. The van der Waals surface area contributed by atoms with Crippen LogP contribution in [0.3, 0.4) is 0 Å². The molecule has 0 radical (unpaired) electrons. The number of hydrogen-bond donors (Lipinski definition) is 0. The Kier molecular flexibility index (Phi) is 2.32. The highest BCUT2D eigenvalue weighted by atomic mass is 16.6. The van der Waals surface area contributed by atoms with E-state index in [1.165, 1.54) is 7.11 Å². The van der Waals surface area contributed by atoms with Crippen LogP contribution in [0.25, 0.3) is 0 Å². The van der Waals surface area contributed by atoms with Crippen LogP contribution in [0.5, 0.6) is 0 Å². The first kappa shape index (κ1) is 8.58. The molecule has 12 heavy (non-hydrogen) atoms. The van der Waals surface area contributed by atoms with Crippen molar-refractivity contribution >= 4 is 12.1 Å². The summed E-state index contributed by atoms with van der Waals surface area (Å²) in [5.41, 5.74) is 0.0139. The topological polar surface area (TPSA) is 55.8 Å². The number of cyclic esters (lactones) is 1. The zero-order valence-corrected chi connectivity index (χ0v) is 6.70. The highest BCUT2D eigenvalue weighted by Crippen LogP contribution is 2.10. The largest absolute Gasteiger partial charge is 0.464 e. The summed E-state index contributed by atoms with van der Waals surface area (Å²) in [6.07, 6.45) is -0.551. The van der Waals surface area contributed by atoms with Gasteiger partial charge >= 0.3 is 12.1 Å². The maximum Gasteiger partial charge on any atom is 0.414 e. The summed E-state index contributed by atoms with van der Waals surface area (Å²) in [5.74, 6) is -0.617. The molecular weight excluding hydrogens is 162 g/mol. The molecule has 0 aromatic heterocycles. The van der Waals surface area contributed by atoms with E-state index in [0.717, 1.165) is 4.90 Å². The number of carbonyl (C=O) groups excluding carboxylic acids is 2. The van der Waals surface area contributed by atoms with Gasteiger partial charge in [-0.2, -0.15) is 0 Å². The van der Waals surface area contributed by atoms with E-state index in [9.17, 15) is 9.59 Å². The molecule has 5 heteroatoms. The molecule has 0 bridgehead atoms. The molecule has 5 nitrogen and oxygen atoms in total. The summed E-state index contributed by atoms with van der Waals surface area (Å²) < 4.78 is 8.98. The minimum Gasteiger partial charge on any atom is -0.464 e. The molecule has 1 saturated heterocycles. The molecule has 0 atom stereocenters. The van der Waals surface area contributed by atoms with Gasteiger partial charge in [0.25, 0.3) is 0 Å². The Morgan fingerprint density at radius 1 is 1.75 bits per heavy atom. The quantitative estimate of drug-likeness (QED) is 0.437. The Balaban J connectivity index is 2.63. The fourth-order valence-corrected chi connectivity index (χ4v) is 0.867. The molecule has 0 aromatic rings. The predicted octanol–water partition coefficient (Wildman–Crippen LogP) is 0.125. The van der Waals surface area contributed by atoms with Gasteiger partial charge in [0.15, 0.2) is 0 Å². The van der Waals surface area contributed by atoms with Gasteiger partial charge in [-0.25, -0.2) is 9.59 Å². The van der Waals surface area contributed by atoms with Crippen molar-refractivity contribution in [2.75, 3.05) is 20.3 Å². The number of methoxy groups -OCH3 is 1.